The molecule has 0 heterocycles. The maximum absolute atomic E-state index is 11.6. The molecule has 0 bridgehead atoms. The van der Waals surface area contributed by atoms with Crippen molar-refractivity contribution in [3.63, 3.8) is 0 Å². The first-order valence-corrected chi connectivity index (χ1v) is 5.67. The Kier molecular flexibility index (Phi) is 4.78. The number of nitro benzene ring substituents is 1. The highest BCUT2D eigenvalue weighted by Crippen LogP contribution is 2.25. The van der Waals surface area contributed by atoms with Gasteiger partial charge < -0.3 is 10.6 Å². The summed E-state index contributed by atoms with van der Waals surface area (Å²) in [5, 5.41) is 15.4. The molecular formula is C10H10BrN3O4. The van der Waals surface area contributed by atoms with Crippen molar-refractivity contribution >= 4 is 33.4 Å². The van der Waals surface area contributed by atoms with Gasteiger partial charge in [0.15, 0.2) is 0 Å². The predicted octanol–water partition coefficient (Wildman–Crippen LogP) is 0.833. The van der Waals surface area contributed by atoms with Gasteiger partial charge in [-0.05, 0) is 28.1 Å². The number of nitrogens with zero attached hydrogens (tertiary/aromatic N) is 1. The zero-order valence-electron chi connectivity index (χ0n) is 9.40. The molecule has 0 saturated carbocycles. The summed E-state index contributed by atoms with van der Waals surface area (Å²) in [7, 11) is 1.44. The standard InChI is InChI=1S/C10H10BrN3O4/c1-12-9(15)5-13-10(16)6-2-3-7(11)8(4-6)14(17)18/h2-4H,5H2,1H3,(H,12,15)(H,13,16). The first-order chi connectivity index (χ1) is 8.45. The average molecular weight is 316 g/mol. The number of carbonyl (C=O) groups excluding carboxylic acids is 2. The van der Waals surface area contributed by atoms with Crippen molar-refractivity contribution in [3.8, 4) is 0 Å². The smallest absolute Gasteiger partial charge is 0.284 e. The zero-order valence-corrected chi connectivity index (χ0v) is 11.0. The highest BCUT2D eigenvalue weighted by molar-refractivity contribution is 9.10. The largest absolute Gasteiger partial charge is 0.358 e. The van der Waals surface area contributed by atoms with E-state index in [4.69, 9.17) is 0 Å². The molecule has 0 atom stereocenters. The molecule has 8 heteroatoms. The topological polar surface area (TPSA) is 101 Å². The summed E-state index contributed by atoms with van der Waals surface area (Å²) in [6.07, 6.45) is 0. The Balaban J connectivity index is 2.84. The monoisotopic (exact) mass is 315 g/mol. The van der Waals surface area contributed by atoms with E-state index in [1.54, 1.807) is 0 Å². The van der Waals surface area contributed by atoms with E-state index in [1.807, 2.05) is 0 Å². The van der Waals surface area contributed by atoms with Crippen molar-refractivity contribution in [1.82, 2.24) is 10.6 Å². The van der Waals surface area contributed by atoms with Gasteiger partial charge in [0.1, 0.15) is 0 Å². The Morgan fingerprint density at radius 3 is 2.67 bits per heavy atom. The maximum atomic E-state index is 11.6. The van der Waals surface area contributed by atoms with Crippen molar-refractivity contribution < 1.29 is 14.5 Å². The maximum Gasteiger partial charge on any atom is 0.284 e. The number of likely N-dealkylation sites (N-methyl/N-ethyl adjacent to an activating group) is 1. The summed E-state index contributed by atoms with van der Waals surface area (Å²) in [4.78, 5) is 32.6. The van der Waals surface area contributed by atoms with Crippen LogP contribution in [0.3, 0.4) is 0 Å². The second-order valence-electron chi connectivity index (χ2n) is 3.28. The van der Waals surface area contributed by atoms with E-state index in [0.717, 1.165) is 6.07 Å². The van der Waals surface area contributed by atoms with Crippen molar-refractivity contribution in [2.45, 2.75) is 0 Å². The van der Waals surface area contributed by atoms with E-state index in [9.17, 15) is 19.7 Å². The Hall–Kier alpha value is -1.96. The van der Waals surface area contributed by atoms with Crippen LogP contribution >= 0.6 is 15.9 Å². The van der Waals surface area contributed by atoms with Crippen molar-refractivity contribution in [3.05, 3.63) is 38.3 Å². The molecule has 1 aromatic carbocycles. The van der Waals surface area contributed by atoms with Crippen molar-refractivity contribution in [2.75, 3.05) is 13.6 Å². The lowest BCUT2D eigenvalue weighted by atomic mass is 10.2. The van der Waals surface area contributed by atoms with Gasteiger partial charge in [0.25, 0.3) is 11.6 Å². The summed E-state index contributed by atoms with van der Waals surface area (Å²) in [6, 6.07) is 3.98. The van der Waals surface area contributed by atoms with Crippen molar-refractivity contribution in [1.29, 1.82) is 0 Å². The molecule has 0 spiro atoms. The molecule has 0 unspecified atom stereocenters. The molecule has 0 fully saturated rings. The number of nitro groups is 1. The van der Waals surface area contributed by atoms with Gasteiger partial charge in [0.2, 0.25) is 5.91 Å². The zero-order chi connectivity index (χ0) is 13.7. The minimum absolute atomic E-state index is 0.119. The lowest BCUT2D eigenvalue weighted by Gasteiger charge is -2.04. The normalized spacial score (nSPS) is 9.67. The number of hydrogen-bond acceptors (Lipinski definition) is 4. The van der Waals surface area contributed by atoms with Gasteiger partial charge in [-0.25, -0.2) is 0 Å². The van der Waals surface area contributed by atoms with Crippen LogP contribution in [-0.2, 0) is 4.79 Å². The van der Waals surface area contributed by atoms with Crippen LogP contribution in [0.4, 0.5) is 5.69 Å². The summed E-state index contributed by atoms with van der Waals surface area (Å²) in [5.74, 6) is -0.899. The fraction of sp³-hybridized carbons (Fsp3) is 0.200. The van der Waals surface area contributed by atoms with Crippen LogP contribution in [0, 0.1) is 10.1 Å². The summed E-state index contributed by atoms with van der Waals surface area (Å²) >= 11 is 3.02. The molecule has 2 amide bonds. The lowest BCUT2D eigenvalue weighted by molar-refractivity contribution is -0.385. The van der Waals surface area contributed by atoms with Crippen LogP contribution in [0.25, 0.3) is 0 Å². The molecule has 0 aliphatic heterocycles. The molecule has 1 rings (SSSR count). The molecule has 1 aromatic rings. The highest BCUT2D eigenvalue weighted by Gasteiger charge is 2.16. The van der Waals surface area contributed by atoms with Crippen LogP contribution < -0.4 is 10.6 Å². The van der Waals surface area contributed by atoms with Crippen LogP contribution in [0.15, 0.2) is 22.7 Å². The van der Waals surface area contributed by atoms with Gasteiger partial charge in [0, 0.05) is 18.7 Å². The Bertz CT molecular complexity index is 504. The molecular weight excluding hydrogens is 306 g/mol. The van der Waals surface area contributed by atoms with Crippen LogP contribution in [0.2, 0.25) is 0 Å². The molecule has 18 heavy (non-hydrogen) atoms. The van der Waals surface area contributed by atoms with Gasteiger partial charge in [-0.1, -0.05) is 0 Å². The third-order valence-corrected chi connectivity index (χ3v) is 2.76. The summed E-state index contributed by atoms with van der Waals surface area (Å²) < 4.78 is 0.287. The molecule has 0 aromatic heterocycles. The quantitative estimate of drug-likeness (QED) is 0.634. The summed E-state index contributed by atoms with van der Waals surface area (Å²) in [5.41, 5.74) is -0.0867. The number of halogens is 1. The van der Waals surface area contributed by atoms with E-state index in [0.29, 0.717) is 0 Å². The average Bonchev–Trinajstić information content (AvgIpc) is 2.35. The molecule has 7 nitrogen and oxygen atoms in total. The first kappa shape index (κ1) is 14.1. The SMILES string of the molecule is CNC(=O)CNC(=O)c1ccc(Br)c([N+](=O)[O-])c1. The molecule has 0 saturated heterocycles. The van der Waals surface area contributed by atoms with E-state index in [1.165, 1.54) is 19.2 Å². The second-order valence-corrected chi connectivity index (χ2v) is 4.13. The Labute approximate surface area is 111 Å². The predicted molar refractivity (Wildman–Crippen MR) is 67.2 cm³/mol. The Morgan fingerprint density at radius 1 is 1.44 bits per heavy atom. The number of hydrogen-bond donors (Lipinski definition) is 2. The lowest BCUT2D eigenvalue weighted by Crippen LogP contribution is -2.35. The van der Waals surface area contributed by atoms with Gasteiger partial charge in [-0.15, -0.1) is 0 Å². The van der Waals surface area contributed by atoms with Gasteiger partial charge in [-0.3, -0.25) is 19.7 Å². The molecule has 0 radical (unpaired) electrons. The minimum atomic E-state index is -0.598. The third-order valence-electron chi connectivity index (χ3n) is 2.09. The van der Waals surface area contributed by atoms with Crippen LogP contribution in [0.1, 0.15) is 10.4 Å². The van der Waals surface area contributed by atoms with Gasteiger partial charge >= 0.3 is 0 Å². The number of amides is 2. The number of nitrogens with one attached hydrogen (secondary N) is 2. The molecule has 0 aliphatic carbocycles. The molecule has 96 valence electrons. The van der Waals surface area contributed by atoms with Crippen molar-refractivity contribution in [2.24, 2.45) is 0 Å². The number of rotatable bonds is 4. The fourth-order valence-electron chi connectivity index (χ4n) is 1.14. The van der Waals surface area contributed by atoms with E-state index in [2.05, 4.69) is 26.6 Å². The van der Waals surface area contributed by atoms with E-state index < -0.39 is 10.8 Å². The number of benzene rings is 1. The van der Waals surface area contributed by atoms with Gasteiger partial charge in [-0.2, -0.15) is 0 Å². The molecule has 2 N–H and O–H groups in total. The highest BCUT2D eigenvalue weighted by atomic mass is 79.9. The van der Waals surface area contributed by atoms with Gasteiger partial charge in [0.05, 0.1) is 15.9 Å². The number of carbonyl (C=O) groups is 2. The second kappa shape index (κ2) is 6.10. The first-order valence-electron chi connectivity index (χ1n) is 4.88. The van der Waals surface area contributed by atoms with E-state index in [-0.39, 0.29) is 28.2 Å². The minimum Gasteiger partial charge on any atom is -0.358 e. The van der Waals surface area contributed by atoms with Crippen LogP contribution in [-0.4, -0.2) is 30.3 Å². The summed E-state index contributed by atoms with van der Waals surface area (Å²) in [6.45, 7) is -0.181. The Morgan fingerprint density at radius 2 is 2.11 bits per heavy atom. The van der Waals surface area contributed by atoms with E-state index >= 15 is 0 Å². The van der Waals surface area contributed by atoms with Crippen LogP contribution in [0.5, 0.6) is 0 Å². The molecule has 0 aliphatic rings. The third kappa shape index (κ3) is 3.52. The fourth-order valence-corrected chi connectivity index (χ4v) is 1.54.